The molecule has 0 unspecified atom stereocenters. The Morgan fingerprint density at radius 3 is 1.31 bits per heavy atom. The number of pyridine rings is 7. The third-order valence-corrected chi connectivity index (χ3v) is 14.7. The van der Waals surface area contributed by atoms with E-state index < -0.39 is 16.4 Å². The maximum atomic E-state index is 5.31. The molecule has 13 rings (SSSR count). The van der Waals surface area contributed by atoms with Gasteiger partial charge in [0, 0.05) is 131 Å². The summed E-state index contributed by atoms with van der Waals surface area (Å²) < 4.78 is 4.20. The molecular formula is C58H43N9. The fraction of sp³-hybridized carbons (Fsp3) is 0.138. The molecule has 0 spiro atoms. The lowest BCUT2D eigenvalue weighted by Gasteiger charge is -2.38. The molecule has 8 heterocycles. The molecule has 3 aliphatic rings. The maximum Gasteiger partial charge on any atom is 0.204 e. The lowest BCUT2D eigenvalue weighted by molar-refractivity contribution is -0.675. The van der Waals surface area contributed by atoms with E-state index in [1.807, 2.05) is 92.2 Å². The summed E-state index contributed by atoms with van der Waals surface area (Å²) in [5, 5.41) is 0. The van der Waals surface area contributed by atoms with Crippen LogP contribution in [0.4, 0.5) is 0 Å². The lowest BCUT2D eigenvalue weighted by Crippen LogP contribution is -2.38. The van der Waals surface area contributed by atoms with E-state index in [-0.39, 0.29) is 5.41 Å². The number of rotatable bonds is 6. The Hall–Kier alpha value is -8.30. The number of aromatic nitrogens is 9. The Morgan fingerprint density at radius 2 is 0.866 bits per heavy atom. The molecule has 0 saturated heterocycles. The third kappa shape index (κ3) is 5.14. The second-order valence-electron chi connectivity index (χ2n) is 19.0. The number of benzene rings is 2. The molecule has 3 aliphatic carbocycles. The van der Waals surface area contributed by atoms with Crippen LogP contribution in [0.5, 0.6) is 0 Å². The summed E-state index contributed by atoms with van der Waals surface area (Å²) in [7, 11) is 2.02. The van der Waals surface area contributed by atoms with Crippen LogP contribution in [0, 0.1) is 6.33 Å². The molecule has 0 N–H and O–H groups in total. The van der Waals surface area contributed by atoms with Crippen molar-refractivity contribution in [2.45, 2.75) is 42.6 Å². The van der Waals surface area contributed by atoms with Crippen molar-refractivity contribution >= 4 is 0 Å². The van der Waals surface area contributed by atoms with Crippen molar-refractivity contribution in [3.05, 3.63) is 263 Å². The molecule has 0 aliphatic heterocycles. The Morgan fingerprint density at radius 1 is 0.463 bits per heavy atom. The van der Waals surface area contributed by atoms with E-state index in [4.69, 9.17) is 15.0 Å². The molecule has 0 amide bonds. The molecule has 0 bridgehead atoms. The van der Waals surface area contributed by atoms with Gasteiger partial charge in [-0.2, -0.15) is 0 Å². The van der Waals surface area contributed by atoms with Gasteiger partial charge in [-0.1, -0.05) is 63.2 Å². The average Bonchev–Trinajstić information content (AvgIpc) is 4.11. The molecule has 0 fully saturated rings. The van der Waals surface area contributed by atoms with Gasteiger partial charge in [0.15, 0.2) is 5.54 Å². The van der Waals surface area contributed by atoms with Crippen molar-refractivity contribution in [3.63, 3.8) is 0 Å². The van der Waals surface area contributed by atoms with E-state index in [2.05, 4.69) is 161 Å². The summed E-state index contributed by atoms with van der Waals surface area (Å²) >= 11 is 0. The van der Waals surface area contributed by atoms with Crippen molar-refractivity contribution < 1.29 is 4.57 Å². The van der Waals surface area contributed by atoms with Gasteiger partial charge in [-0.15, -0.1) is 0 Å². The SMILES string of the molecule is C[n+]1[c-]n(C2(c3cccc(C4(c5cccc(C6(c7cc(C(C)(C)C)ccn7)c7ccncc7-c7cnccc76)c5)c5ccncc5-c5cnccc54)c3)c3ccncc3-c3cnccc32)cc1. The Bertz CT molecular complexity index is 3500. The van der Waals surface area contributed by atoms with Crippen molar-refractivity contribution in [3.8, 4) is 33.4 Å². The summed E-state index contributed by atoms with van der Waals surface area (Å²) in [4.78, 5) is 33.4. The molecule has 320 valence electrons. The Kier molecular flexibility index (Phi) is 8.23. The van der Waals surface area contributed by atoms with Gasteiger partial charge in [0.05, 0.1) is 23.6 Å². The number of hydrogen-bond acceptors (Lipinski definition) is 7. The predicted octanol–water partition coefficient (Wildman–Crippen LogP) is 9.72. The fourth-order valence-corrected chi connectivity index (χ4v) is 11.9. The van der Waals surface area contributed by atoms with E-state index in [0.29, 0.717) is 0 Å². The highest BCUT2D eigenvalue weighted by molar-refractivity contribution is 5.88. The zero-order valence-corrected chi connectivity index (χ0v) is 37.4. The molecular weight excluding hydrogens is 823 g/mol. The number of hydrogen-bond donors (Lipinski definition) is 0. The second-order valence-corrected chi connectivity index (χ2v) is 19.0. The zero-order valence-electron chi connectivity index (χ0n) is 37.4. The number of imidazole rings is 1. The smallest absolute Gasteiger partial charge is 0.204 e. The molecule has 8 aromatic heterocycles. The van der Waals surface area contributed by atoms with Crippen molar-refractivity contribution in [1.82, 2.24) is 39.5 Å². The molecule has 0 atom stereocenters. The van der Waals surface area contributed by atoms with E-state index >= 15 is 0 Å². The molecule has 0 radical (unpaired) electrons. The Labute approximate surface area is 388 Å². The van der Waals surface area contributed by atoms with Crippen molar-refractivity contribution in [1.29, 1.82) is 0 Å². The quantitative estimate of drug-likeness (QED) is 0.121. The first-order valence-corrected chi connectivity index (χ1v) is 22.6. The summed E-state index contributed by atoms with van der Waals surface area (Å²) in [5.41, 5.74) is 17.1. The van der Waals surface area contributed by atoms with E-state index in [1.165, 1.54) is 5.56 Å². The highest BCUT2D eigenvalue weighted by Crippen LogP contribution is 2.60. The van der Waals surface area contributed by atoms with Crippen molar-refractivity contribution in [2.24, 2.45) is 7.05 Å². The molecule has 0 saturated carbocycles. The first kappa shape index (κ1) is 39.1. The Balaban J connectivity index is 1.13. The van der Waals surface area contributed by atoms with Gasteiger partial charge in [0.2, 0.25) is 6.33 Å². The molecule has 9 nitrogen and oxygen atoms in total. The molecule has 10 aromatic rings. The van der Waals surface area contributed by atoms with Crippen LogP contribution in [0.2, 0.25) is 0 Å². The standard InChI is InChI=1S/C58H43N9/c1-55(2,3)37-11-24-65-54(29-37)57(50-14-20-61-32-44(50)45-33-62-21-15-51(45)57)40-9-5-7-38(27-40)56(48-12-18-59-30-42(48)43-31-60-19-13-49(43)56)39-8-6-10-41(28-39)58(67-26-25-66(4)36-67)52-16-22-63-34-46(52)47-35-64-23-17-53(47)58/h5-35H,1-4H3. The van der Waals surface area contributed by atoms with Crippen LogP contribution in [-0.2, 0) is 28.8 Å². The van der Waals surface area contributed by atoms with Crippen LogP contribution in [0.1, 0.15) is 87.7 Å². The largest absolute Gasteiger partial charge is 0.354 e. The van der Waals surface area contributed by atoms with Gasteiger partial charge in [0.25, 0.3) is 0 Å². The van der Waals surface area contributed by atoms with E-state index in [0.717, 1.165) is 94.7 Å². The minimum Gasteiger partial charge on any atom is -0.354 e. The fourth-order valence-electron chi connectivity index (χ4n) is 11.9. The minimum absolute atomic E-state index is 0.115. The maximum absolute atomic E-state index is 5.31. The van der Waals surface area contributed by atoms with Crippen LogP contribution >= 0.6 is 0 Å². The number of nitrogens with zero attached hydrogens (tertiary/aromatic N) is 9. The first-order valence-electron chi connectivity index (χ1n) is 22.6. The second kappa shape index (κ2) is 14.1. The third-order valence-electron chi connectivity index (χ3n) is 14.7. The summed E-state index contributed by atoms with van der Waals surface area (Å²) in [6.45, 7) is 6.78. The van der Waals surface area contributed by atoms with Crippen molar-refractivity contribution in [2.75, 3.05) is 0 Å². The van der Waals surface area contributed by atoms with Gasteiger partial charge in [0.1, 0.15) is 0 Å². The average molecular weight is 866 g/mol. The molecule has 67 heavy (non-hydrogen) atoms. The van der Waals surface area contributed by atoms with Gasteiger partial charge in [-0.3, -0.25) is 34.9 Å². The summed E-state index contributed by atoms with van der Waals surface area (Å²) in [6, 6.07) is 35.9. The molecule has 2 aromatic carbocycles. The van der Waals surface area contributed by atoms with Crippen LogP contribution < -0.4 is 4.57 Å². The monoisotopic (exact) mass is 865 g/mol. The number of aryl methyl sites for hydroxylation is 1. The highest BCUT2D eigenvalue weighted by Gasteiger charge is 2.53. The van der Waals surface area contributed by atoms with Crippen LogP contribution in [0.3, 0.4) is 0 Å². The van der Waals surface area contributed by atoms with E-state index in [1.54, 1.807) is 0 Å². The summed E-state index contributed by atoms with van der Waals surface area (Å²) in [5.74, 6) is 0. The topological polar surface area (TPSA) is 99.0 Å². The number of fused-ring (bicyclic) bond motifs is 9. The lowest BCUT2D eigenvalue weighted by atomic mass is 9.64. The first-order chi connectivity index (χ1) is 32.8. The van der Waals surface area contributed by atoms with Crippen LogP contribution in [0.25, 0.3) is 33.4 Å². The van der Waals surface area contributed by atoms with Gasteiger partial charge in [-0.05, 0) is 117 Å². The van der Waals surface area contributed by atoms with Gasteiger partial charge in [-0.25, -0.2) is 0 Å². The summed E-state index contributed by atoms with van der Waals surface area (Å²) in [6.07, 6.45) is 33.1. The predicted molar refractivity (Wildman–Crippen MR) is 256 cm³/mol. The minimum atomic E-state index is -0.821. The highest BCUT2D eigenvalue weighted by atomic mass is 15.2. The van der Waals surface area contributed by atoms with Crippen LogP contribution in [0.15, 0.2) is 190 Å². The normalized spacial score (nSPS) is 15.2. The van der Waals surface area contributed by atoms with E-state index in [9.17, 15) is 0 Å². The van der Waals surface area contributed by atoms with Gasteiger partial charge >= 0.3 is 0 Å². The zero-order chi connectivity index (χ0) is 45.1. The molecule has 9 heteroatoms. The van der Waals surface area contributed by atoms with Gasteiger partial charge < -0.3 is 9.13 Å². The van der Waals surface area contributed by atoms with Crippen LogP contribution in [-0.4, -0.2) is 39.5 Å².